The molecule has 0 bridgehead atoms. The van der Waals surface area contributed by atoms with Crippen molar-refractivity contribution in [2.24, 2.45) is 5.10 Å². The number of ether oxygens (including phenoxy) is 2. The highest BCUT2D eigenvalue weighted by atomic mass is 79.9. The van der Waals surface area contributed by atoms with Gasteiger partial charge in [0.05, 0.1) is 18.4 Å². The molecule has 10 heteroatoms. The summed E-state index contributed by atoms with van der Waals surface area (Å²) in [5, 5.41) is 6.72. The number of rotatable bonds is 7. The van der Waals surface area contributed by atoms with Crippen molar-refractivity contribution < 1.29 is 23.9 Å². The summed E-state index contributed by atoms with van der Waals surface area (Å²) in [6, 6.07) is 17.7. The largest absolute Gasteiger partial charge is 0.494 e. The monoisotopic (exact) mass is 543 g/mol. The molecule has 0 aliphatic carbocycles. The minimum Gasteiger partial charge on any atom is -0.494 e. The van der Waals surface area contributed by atoms with Gasteiger partial charge in [-0.25, -0.2) is 10.2 Å². The van der Waals surface area contributed by atoms with Crippen molar-refractivity contribution in [3.05, 3.63) is 87.4 Å². The standard InChI is InChI=1S/C24H19BrClN3O5/c1-2-33-20-10-3-15(4-11-20)24(32)34-21-12-5-17(25)13-16(21)14-27-29-23(31)22(30)28-19-8-6-18(26)7-9-19/h3-14H,2H2,1H3,(H,28,30)(H,29,31)/b27-14-. The van der Waals surface area contributed by atoms with E-state index in [-0.39, 0.29) is 5.75 Å². The molecule has 0 aliphatic heterocycles. The molecular weight excluding hydrogens is 526 g/mol. The van der Waals surface area contributed by atoms with E-state index in [9.17, 15) is 14.4 Å². The number of anilines is 1. The number of hydrazone groups is 1. The van der Waals surface area contributed by atoms with Gasteiger partial charge >= 0.3 is 17.8 Å². The number of nitrogens with one attached hydrogen (secondary N) is 2. The average molecular weight is 545 g/mol. The lowest BCUT2D eigenvalue weighted by Gasteiger charge is -2.09. The second-order valence-corrected chi connectivity index (χ2v) is 8.04. The summed E-state index contributed by atoms with van der Waals surface area (Å²) in [5.41, 5.74) is 3.27. The molecule has 0 aromatic heterocycles. The van der Waals surface area contributed by atoms with E-state index in [2.05, 4.69) is 31.8 Å². The summed E-state index contributed by atoms with van der Waals surface area (Å²) in [5.74, 6) is -1.60. The second-order valence-electron chi connectivity index (χ2n) is 6.69. The molecular formula is C24H19BrClN3O5. The second kappa shape index (κ2) is 12.0. The Kier molecular flexibility index (Phi) is 8.78. The summed E-state index contributed by atoms with van der Waals surface area (Å²) < 4.78 is 11.5. The van der Waals surface area contributed by atoms with Crippen LogP contribution in [0.5, 0.6) is 11.5 Å². The first-order valence-corrected chi connectivity index (χ1v) is 11.2. The first-order chi connectivity index (χ1) is 16.4. The van der Waals surface area contributed by atoms with Crippen molar-refractivity contribution in [2.75, 3.05) is 11.9 Å². The Morgan fingerprint density at radius 3 is 2.38 bits per heavy atom. The van der Waals surface area contributed by atoms with Crippen LogP contribution < -0.4 is 20.2 Å². The first kappa shape index (κ1) is 24.9. The molecule has 0 atom stereocenters. The van der Waals surface area contributed by atoms with Gasteiger partial charge in [-0.05, 0) is 73.7 Å². The number of carbonyl (C=O) groups is 3. The number of carbonyl (C=O) groups excluding carboxylic acids is 3. The predicted octanol–water partition coefficient (Wildman–Crippen LogP) is 4.81. The quantitative estimate of drug-likeness (QED) is 0.146. The number of halogens is 2. The Hall–Kier alpha value is -3.69. The van der Waals surface area contributed by atoms with Crippen LogP contribution in [0.3, 0.4) is 0 Å². The van der Waals surface area contributed by atoms with Crippen molar-refractivity contribution in [3.8, 4) is 11.5 Å². The summed E-state index contributed by atoms with van der Waals surface area (Å²) in [6.07, 6.45) is 1.26. The number of amides is 2. The third-order valence-corrected chi connectivity index (χ3v) is 5.00. The summed E-state index contributed by atoms with van der Waals surface area (Å²) >= 11 is 9.13. The Morgan fingerprint density at radius 2 is 1.71 bits per heavy atom. The van der Waals surface area contributed by atoms with Crippen LogP contribution in [0, 0.1) is 0 Å². The van der Waals surface area contributed by atoms with E-state index in [0.29, 0.717) is 38.7 Å². The molecule has 34 heavy (non-hydrogen) atoms. The van der Waals surface area contributed by atoms with Crippen LogP contribution in [0.4, 0.5) is 5.69 Å². The van der Waals surface area contributed by atoms with Gasteiger partial charge in [0.2, 0.25) is 0 Å². The van der Waals surface area contributed by atoms with Crippen molar-refractivity contribution in [1.82, 2.24) is 5.43 Å². The van der Waals surface area contributed by atoms with Crippen molar-refractivity contribution in [1.29, 1.82) is 0 Å². The fraction of sp³-hybridized carbons (Fsp3) is 0.0833. The van der Waals surface area contributed by atoms with E-state index >= 15 is 0 Å². The van der Waals surface area contributed by atoms with Crippen LogP contribution in [0.2, 0.25) is 5.02 Å². The summed E-state index contributed by atoms with van der Waals surface area (Å²) in [6.45, 7) is 2.39. The lowest BCUT2D eigenvalue weighted by Crippen LogP contribution is -2.32. The topological polar surface area (TPSA) is 106 Å². The van der Waals surface area contributed by atoms with E-state index in [4.69, 9.17) is 21.1 Å². The molecule has 0 saturated carbocycles. The third kappa shape index (κ3) is 7.16. The number of nitrogens with zero attached hydrogens (tertiary/aromatic N) is 1. The van der Waals surface area contributed by atoms with Crippen LogP contribution in [0.25, 0.3) is 0 Å². The Morgan fingerprint density at radius 1 is 1.00 bits per heavy atom. The lowest BCUT2D eigenvalue weighted by molar-refractivity contribution is -0.136. The Bertz CT molecular complexity index is 1210. The molecule has 0 aliphatic rings. The van der Waals surface area contributed by atoms with E-state index in [1.165, 1.54) is 6.21 Å². The van der Waals surface area contributed by atoms with Crippen molar-refractivity contribution in [2.45, 2.75) is 6.92 Å². The molecule has 0 spiro atoms. The minimum atomic E-state index is -0.978. The zero-order valence-electron chi connectivity index (χ0n) is 17.9. The van der Waals surface area contributed by atoms with Gasteiger partial charge in [-0.15, -0.1) is 0 Å². The highest BCUT2D eigenvalue weighted by Gasteiger charge is 2.14. The van der Waals surface area contributed by atoms with Gasteiger partial charge in [-0.3, -0.25) is 9.59 Å². The molecule has 8 nitrogen and oxygen atoms in total. The molecule has 3 aromatic carbocycles. The van der Waals surface area contributed by atoms with E-state index in [1.807, 2.05) is 6.92 Å². The maximum atomic E-state index is 12.5. The van der Waals surface area contributed by atoms with Gasteiger partial charge in [0, 0.05) is 20.7 Å². The van der Waals surface area contributed by atoms with Crippen LogP contribution in [-0.2, 0) is 9.59 Å². The predicted molar refractivity (Wildman–Crippen MR) is 133 cm³/mol. The van der Waals surface area contributed by atoms with Gasteiger partial charge in [0.25, 0.3) is 0 Å². The van der Waals surface area contributed by atoms with E-state index in [1.54, 1.807) is 66.7 Å². The molecule has 174 valence electrons. The smallest absolute Gasteiger partial charge is 0.343 e. The fourth-order valence-electron chi connectivity index (χ4n) is 2.66. The normalized spacial score (nSPS) is 10.6. The van der Waals surface area contributed by atoms with Crippen molar-refractivity contribution in [3.63, 3.8) is 0 Å². The molecule has 0 radical (unpaired) electrons. The molecule has 0 fully saturated rings. The number of hydrogen-bond acceptors (Lipinski definition) is 6. The van der Waals surface area contributed by atoms with Gasteiger partial charge in [0.15, 0.2) is 0 Å². The number of benzene rings is 3. The highest BCUT2D eigenvalue weighted by Crippen LogP contribution is 2.23. The molecule has 3 aromatic rings. The van der Waals surface area contributed by atoms with Gasteiger partial charge in [-0.2, -0.15) is 5.10 Å². The van der Waals surface area contributed by atoms with Gasteiger partial charge < -0.3 is 14.8 Å². The van der Waals surface area contributed by atoms with Crippen LogP contribution in [0.1, 0.15) is 22.8 Å². The van der Waals surface area contributed by atoms with Crippen LogP contribution >= 0.6 is 27.5 Å². The molecule has 3 rings (SSSR count). The Labute approximate surface area is 209 Å². The highest BCUT2D eigenvalue weighted by molar-refractivity contribution is 9.10. The maximum absolute atomic E-state index is 12.5. The van der Waals surface area contributed by atoms with Gasteiger partial charge in [0.1, 0.15) is 11.5 Å². The van der Waals surface area contributed by atoms with Crippen LogP contribution in [0.15, 0.2) is 76.3 Å². The molecule has 0 saturated heterocycles. The SMILES string of the molecule is CCOc1ccc(C(=O)Oc2ccc(Br)cc2/C=N\NC(=O)C(=O)Nc2ccc(Cl)cc2)cc1. The first-order valence-electron chi connectivity index (χ1n) is 10.00. The molecule has 2 amide bonds. The minimum absolute atomic E-state index is 0.214. The van der Waals surface area contributed by atoms with E-state index in [0.717, 1.165) is 0 Å². The zero-order valence-corrected chi connectivity index (χ0v) is 20.2. The third-order valence-electron chi connectivity index (χ3n) is 4.25. The van der Waals surface area contributed by atoms with Gasteiger partial charge in [-0.1, -0.05) is 27.5 Å². The van der Waals surface area contributed by atoms with Crippen molar-refractivity contribution >= 4 is 57.2 Å². The summed E-state index contributed by atoms with van der Waals surface area (Å²) in [4.78, 5) is 36.6. The lowest BCUT2D eigenvalue weighted by atomic mass is 10.2. The maximum Gasteiger partial charge on any atom is 0.343 e. The molecule has 0 unspecified atom stereocenters. The molecule has 0 heterocycles. The fourth-order valence-corrected chi connectivity index (χ4v) is 3.16. The number of esters is 1. The zero-order chi connectivity index (χ0) is 24.5. The summed E-state index contributed by atoms with van der Waals surface area (Å²) in [7, 11) is 0. The molecule has 2 N–H and O–H groups in total. The Balaban J connectivity index is 1.64. The van der Waals surface area contributed by atoms with E-state index < -0.39 is 17.8 Å². The average Bonchev–Trinajstić information content (AvgIpc) is 2.82. The van der Waals surface area contributed by atoms with Crippen LogP contribution in [-0.4, -0.2) is 30.6 Å². The number of hydrogen-bond donors (Lipinski definition) is 2.